The minimum atomic E-state index is -0.547. The molecule has 150 valence electrons. The molecule has 3 aromatic rings. The SMILES string of the molecule is COc1ccc(-c2c(N)c(=O)c(N)nn2-c2sc3c(c2C(N)=O)CCCC3)cc1. The number of fused-ring (bicyclic) bond motifs is 1. The van der Waals surface area contributed by atoms with Crippen molar-refractivity contribution in [2.75, 3.05) is 18.6 Å². The van der Waals surface area contributed by atoms with Crippen LogP contribution in [-0.2, 0) is 12.8 Å². The Bertz CT molecular complexity index is 1160. The van der Waals surface area contributed by atoms with Crippen molar-refractivity contribution in [1.82, 2.24) is 9.78 Å². The zero-order chi connectivity index (χ0) is 20.7. The number of anilines is 2. The van der Waals surface area contributed by atoms with E-state index in [1.165, 1.54) is 16.0 Å². The average Bonchev–Trinajstić information content (AvgIpc) is 3.11. The van der Waals surface area contributed by atoms with Gasteiger partial charge in [-0.2, -0.15) is 0 Å². The first-order valence-corrected chi connectivity index (χ1v) is 10.0. The number of aromatic nitrogens is 2. The summed E-state index contributed by atoms with van der Waals surface area (Å²) in [5.41, 5.74) is 19.6. The van der Waals surface area contributed by atoms with Crippen LogP contribution in [-0.4, -0.2) is 22.8 Å². The van der Waals surface area contributed by atoms with E-state index in [1.807, 2.05) is 0 Å². The van der Waals surface area contributed by atoms with E-state index in [9.17, 15) is 9.59 Å². The Morgan fingerprint density at radius 3 is 2.52 bits per heavy atom. The summed E-state index contributed by atoms with van der Waals surface area (Å²) in [4.78, 5) is 25.9. The molecule has 6 N–H and O–H groups in total. The highest BCUT2D eigenvalue weighted by atomic mass is 32.1. The van der Waals surface area contributed by atoms with Gasteiger partial charge in [-0.15, -0.1) is 16.4 Å². The molecule has 0 bridgehead atoms. The number of hydrogen-bond donors (Lipinski definition) is 3. The van der Waals surface area contributed by atoms with Gasteiger partial charge in [-0.3, -0.25) is 9.59 Å². The lowest BCUT2D eigenvalue weighted by molar-refractivity contribution is 0.0999. The van der Waals surface area contributed by atoms with Crippen LogP contribution < -0.4 is 27.4 Å². The third-order valence-corrected chi connectivity index (χ3v) is 6.37. The molecule has 1 aliphatic rings. The Labute approximate surface area is 170 Å². The summed E-state index contributed by atoms with van der Waals surface area (Å²) < 4.78 is 6.69. The summed E-state index contributed by atoms with van der Waals surface area (Å²) in [6, 6.07) is 7.06. The molecular weight excluding hydrogens is 390 g/mol. The topological polar surface area (TPSA) is 139 Å². The van der Waals surface area contributed by atoms with E-state index in [0.717, 1.165) is 36.1 Å². The Morgan fingerprint density at radius 2 is 1.86 bits per heavy atom. The summed E-state index contributed by atoms with van der Waals surface area (Å²) in [6.45, 7) is 0. The van der Waals surface area contributed by atoms with Gasteiger partial charge in [0.15, 0.2) is 5.82 Å². The molecule has 1 aromatic carbocycles. The number of carbonyl (C=O) groups excluding carboxylic acids is 1. The maximum atomic E-state index is 12.4. The molecule has 0 saturated carbocycles. The second-order valence-electron chi connectivity index (χ2n) is 6.87. The standard InChI is InChI=1S/C20H21N5O3S/c1-28-11-8-6-10(7-9-11)16-15(21)17(26)18(22)24-25(16)20-14(19(23)27)12-4-2-3-5-13(12)29-20/h6-9H,2-5,21H2,1H3,(H2,22,24)(H2,23,27). The number of ether oxygens (including phenoxy) is 1. The van der Waals surface area contributed by atoms with Crippen molar-refractivity contribution >= 4 is 28.7 Å². The molecule has 0 spiro atoms. The molecule has 29 heavy (non-hydrogen) atoms. The van der Waals surface area contributed by atoms with Gasteiger partial charge >= 0.3 is 0 Å². The van der Waals surface area contributed by atoms with Gasteiger partial charge in [-0.25, -0.2) is 4.68 Å². The van der Waals surface area contributed by atoms with Crippen molar-refractivity contribution in [3.05, 3.63) is 50.5 Å². The van der Waals surface area contributed by atoms with Gasteiger partial charge in [0.05, 0.1) is 12.7 Å². The van der Waals surface area contributed by atoms with Gasteiger partial charge in [0, 0.05) is 10.4 Å². The largest absolute Gasteiger partial charge is 0.497 e. The third kappa shape index (κ3) is 3.13. The van der Waals surface area contributed by atoms with Gasteiger partial charge < -0.3 is 21.9 Å². The van der Waals surface area contributed by atoms with Gasteiger partial charge in [-0.1, -0.05) is 0 Å². The number of carbonyl (C=O) groups is 1. The fraction of sp³-hybridized carbons (Fsp3) is 0.250. The minimum Gasteiger partial charge on any atom is -0.497 e. The molecule has 0 fully saturated rings. The number of primary amides is 1. The first kappa shape index (κ1) is 19.0. The second-order valence-corrected chi connectivity index (χ2v) is 7.96. The van der Waals surface area contributed by atoms with E-state index >= 15 is 0 Å². The minimum absolute atomic E-state index is 0.0375. The zero-order valence-electron chi connectivity index (χ0n) is 15.9. The van der Waals surface area contributed by atoms with Crippen molar-refractivity contribution < 1.29 is 9.53 Å². The number of nitrogens with two attached hydrogens (primary N) is 3. The molecule has 0 saturated heterocycles. The Balaban J connectivity index is 2.03. The summed E-state index contributed by atoms with van der Waals surface area (Å²) in [5, 5.41) is 4.82. The molecule has 8 nitrogen and oxygen atoms in total. The van der Waals surface area contributed by atoms with Crippen molar-refractivity contribution in [2.24, 2.45) is 5.73 Å². The molecular formula is C20H21N5O3S. The number of methoxy groups -OCH3 is 1. The molecule has 1 aliphatic carbocycles. The molecule has 2 aromatic heterocycles. The van der Waals surface area contributed by atoms with E-state index in [1.54, 1.807) is 31.4 Å². The lowest BCUT2D eigenvalue weighted by Crippen LogP contribution is -2.23. The summed E-state index contributed by atoms with van der Waals surface area (Å²) in [6.07, 6.45) is 3.71. The molecule has 0 atom stereocenters. The van der Waals surface area contributed by atoms with E-state index in [0.29, 0.717) is 27.6 Å². The number of nitrogens with zero attached hydrogens (tertiary/aromatic N) is 2. The fourth-order valence-electron chi connectivity index (χ4n) is 3.69. The quantitative estimate of drug-likeness (QED) is 0.601. The van der Waals surface area contributed by atoms with E-state index in [4.69, 9.17) is 21.9 Å². The van der Waals surface area contributed by atoms with Gasteiger partial charge in [-0.05, 0) is 55.5 Å². The molecule has 0 radical (unpaired) electrons. The monoisotopic (exact) mass is 411 g/mol. The number of benzene rings is 1. The summed E-state index contributed by atoms with van der Waals surface area (Å²) >= 11 is 1.44. The number of hydrogen-bond acceptors (Lipinski definition) is 7. The summed E-state index contributed by atoms with van der Waals surface area (Å²) in [7, 11) is 1.57. The van der Waals surface area contributed by atoms with Crippen molar-refractivity contribution in [1.29, 1.82) is 0 Å². The van der Waals surface area contributed by atoms with Gasteiger partial charge in [0.1, 0.15) is 22.1 Å². The van der Waals surface area contributed by atoms with Crippen LogP contribution >= 0.6 is 11.3 Å². The predicted molar refractivity (Wildman–Crippen MR) is 114 cm³/mol. The molecule has 4 rings (SSSR count). The van der Waals surface area contributed by atoms with E-state index in [2.05, 4.69) is 5.10 Å². The predicted octanol–water partition coefficient (Wildman–Crippen LogP) is 2.11. The van der Waals surface area contributed by atoms with Crippen LogP contribution in [0.4, 0.5) is 11.5 Å². The molecule has 2 heterocycles. The second kappa shape index (κ2) is 7.25. The van der Waals surface area contributed by atoms with Gasteiger partial charge in [0.25, 0.3) is 5.91 Å². The number of amides is 1. The van der Waals surface area contributed by atoms with Crippen molar-refractivity contribution in [3.8, 4) is 22.0 Å². The summed E-state index contributed by atoms with van der Waals surface area (Å²) in [5.74, 6) is -0.103. The molecule has 9 heteroatoms. The average molecular weight is 411 g/mol. The number of aryl methyl sites for hydroxylation is 1. The zero-order valence-corrected chi connectivity index (χ0v) is 16.7. The lowest BCUT2D eigenvalue weighted by atomic mass is 9.95. The lowest BCUT2D eigenvalue weighted by Gasteiger charge is -2.16. The fourth-order valence-corrected chi connectivity index (χ4v) is 5.04. The first-order valence-electron chi connectivity index (χ1n) is 9.19. The highest BCUT2D eigenvalue weighted by molar-refractivity contribution is 7.15. The number of rotatable bonds is 4. The maximum Gasteiger partial charge on any atom is 0.252 e. The van der Waals surface area contributed by atoms with E-state index < -0.39 is 11.3 Å². The number of thiophene rings is 1. The Morgan fingerprint density at radius 1 is 1.17 bits per heavy atom. The van der Waals surface area contributed by atoms with Crippen LogP contribution in [0.1, 0.15) is 33.6 Å². The molecule has 0 aliphatic heterocycles. The van der Waals surface area contributed by atoms with Crippen LogP contribution in [0.25, 0.3) is 16.3 Å². The third-order valence-electron chi connectivity index (χ3n) is 5.11. The number of nitrogen functional groups attached to an aromatic ring is 2. The highest BCUT2D eigenvalue weighted by Crippen LogP contribution is 2.39. The normalized spacial score (nSPS) is 13.1. The highest BCUT2D eigenvalue weighted by Gasteiger charge is 2.28. The smallest absolute Gasteiger partial charge is 0.252 e. The van der Waals surface area contributed by atoms with Crippen LogP contribution in [0.3, 0.4) is 0 Å². The van der Waals surface area contributed by atoms with Crippen molar-refractivity contribution in [2.45, 2.75) is 25.7 Å². The van der Waals surface area contributed by atoms with Crippen LogP contribution in [0.2, 0.25) is 0 Å². The van der Waals surface area contributed by atoms with Crippen LogP contribution in [0.5, 0.6) is 5.75 Å². The Hall–Kier alpha value is -3.33. The first-order chi connectivity index (χ1) is 13.9. The van der Waals surface area contributed by atoms with Crippen molar-refractivity contribution in [3.63, 3.8) is 0 Å². The maximum absolute atomic E-state index is 12.4. The Kier molecular flexibility index (Phi) is 4.75. The molecule has 0 unspecified atom stereocenters. The van der Waals surface area contributed by atoms with E-state index in [-0.39, 0.29) is 11.5 Å². The van der Waals surface area contributed by atoms with Gasteiger partial charge in [0.2, 0.25) is 5.43 Å². The molecule has 1 amide bonds. The van der Waals surface area contributed by atoms with Crippen LogP contribution in [0.15, 0.2) is 29.1 Å². The van der Waals surface area contributed by atoms with Crippen LogP contribution in [0, 0.1) is 0 Å².